The fourth-order valence-corrected chi connectivity index (χ4v) is 4.24. The molecule has 0 heterocycles. The number of carbonyl (C=O) groups excluding carboxylic acids is 1. The first kappa shape index (κ1) is 21.7. The number of ether oxygens (including phenoxy) is 1. The summed E-state index contributed by atoms with van der Waals surface area (Å²) in [5, 5.41) is 2.75. The zero-order valence-electron chi connectivity index (χ0n) is 16.4. The number of anilines is 2. The molecular formula is C22H21ClN2O4S. The first-order valence-electron chi connectivity index (χ1n) is 9.20. The molecule has 0 saturated heterocycles. The highest BCUT2D eigenvalue weighted by Crippen LogP contribution is 2.26. The minimum Gasteiger partial charge on any atom is -0.491 e. The molecule has 0 atom stereocenters. The monoisotopic (exact) mass is 444 g/mol. The highest BCUT2D eigenvalue weighted by atomic mass is 35.5. The van der Waals surface area contributed by atoms with Crippen LogP contribution < -0.4 is 14.8 Å². The van der Waals surface area contributed by atoms with Gasteiger partial charge in [-0.05, 0) is 68.4 Å². The average Bonchev–Trinajstić information content (AvgIpc) is 2.69. The molecule has 0 unspecified atom stereocenters. The molecule has 0 bridgehead atoms. The molecule has 0 aliphatic carbocycles. The molecule has 0 aliphatic heterocycles. The standard InChI is InChI=1S/C22H21ClN2O4S/c1-15(2)29-19-11-9-17(10-12-19)24-22(26)16-8-13-20(23)21(14-16)30(27,28)25-18-6-4-3-5-7-18/h3-15,25H,1-2H3,(H,24,26). The molecule has 0 aliphatic rings. The van der Waals surface area contributed by atoms with E-state index < -0.39 is 15.9 Å². The van der Waals surface area contributed by atoms with E-state index >= 15 is 0 Å². The molecule has 0 aromatic heterocycles. The maximum Gasteiger partial charge on any atom is 0.263 e. The molecule has 0 spiro atoms. The molecular weight excluding hydrogens is 424 g/mol. The van der Waals surface area contributed by atoms with E-state index in [-0.39, 0.29) is 21.6 Å². The van der Waals surface area contributed by atoms with E-state index in [0.717, 1.165) is 0 Å². The second kappa shape index (κ2) is 9.19. The van der Waals surface area contributed by atoms with Gasteiger partial charge in [-0.25, -0.2) is 8.42 Å². The highest BCUT2D eigenvalue weighted by molar-refractivity contribution is 7.92. The SMILES string of the molecule is CC(C)Oc1ccc(NC(=O)c2ccc(Cl)c(S(=O)(=O)Nc3ccccc3)c2)cc1. The smallest absolute Gasteiger partial charge is 0.263 e. The zero-order valence-corrected chi connectivity index (χ0v) is 18.0. The van der Waals surface area contributed by atoms with Gasteiger partial charge in [0.2, 0.25) is 0 Å². The summed E-state index contributed by atoms with van der Waals surface area (Å²) < 4.78 is 33.5. The Hall–Kier alpha value is -3.03. The number of para-hydroxylation sites is 1. The van der Waals surface area contributed by atoms with Crippen molar-refractivity contribution in [3.05, 3.63) is 83.4 Å². The predicted molar refractivity (Wildman–Crippen MR) is 119 cm³/mol. The lowest BCUT2D eigenvalue weighted by Gasteiger charge is -2.12. The summed E-state index contributed by atoms with van der Waals surface area (Å²) in [6.07, 6.45) is 0.0457. The van der Waals surface area contributed by atoms with Crippen LogP contribution in [-0.2, 0) is 10.0 Å². The normalized spacial score (nSPS) is 11.2. The predicted octanol–water partition coefficient (Wildman–Crippen LogP) is 5.18. The Labute approximate surface area is 180 Å². The van der Waals surface area contributed by atoms with Crippen LogP contribution in [-0.4, -0.2) is 20.4 Å². The Morgan fingerprint density at radius 1 is 0.933 bits per heavy atom. The molecule has 3 aromatic carbocycles. The van der Waals surface area contributed by atoms with Gasteiger partial charge in [-0.3, -0.25) is 9.52 Å². The summed E-state index contributed by atoms with van der Waals surface area (Å²) in [6.45, 7) is 3.85. The lowest BCUT2D eigenvalue weighted by Crippen LogP contribution is -2.16. The summed E-state index contributed by atoms with van der Waals surface area (Å²) >= 11 is 6.11. The maximum absolute atomic E-state index is 12.7. The fraction of sp³-hybridized carbons (Fsp3) is 0.136. The summed E-state index contributed by atoms with van der Waals surface area (Å²) in [5.41, 5.74) is 1.11. The van der Waals surface area contributed by atoms with Crippen molar-refractivity contribution in [1.82, 2.24) is 0 Å². The van der Waals surface area contributed by atoms with Gasteiger partial charge in [0.25, 0.3) is 15.9 Å². The molecule has 1 amide bonds. The molecule has 0 fully saturated rings. The molecule has 0 radical (unpaired) electrons. The number of hydrogen-bond donors (Lipinski definition) is 2. The summed E-state index contributed by atoms with van der Waals surface area (Å²) in [5.74, 6) is 0.232. The molecule has 2 N–H and O–H groups in total. The first-order valence-corrected chi connectivity index (χ1v) is 11.1. The average molecular weight is 445 g/mol. The number of carbonyl (C=O) groups is 1. The van der Waals surface area contributed by atoms with E-state index in [1.54, 1.807) is 54.6 Å². The van der Waals surface area contributed by atoms with Crippen molar-refractivity contribution in [3.63, 3.8) is 0 Å². The Balaban J connectivity index is 1.79. The lowest BCUT2D eigenvalue weighted by atomic mass is 10.2. The van der Waals surface area contributed by atoms with Gasteiger partial charge in [0.15, 0.2) is 0 Å². The molecule has 156 valence electrons. The zero-order chi connectivity index (χ0) is 21.7. The molecule has 3 rings (SSSR count). The Morgan fingerprint density at radius 2 is 1.60 bits per heavy atom. The lowest BCUT2D eigenvalue weighted by molar-refractivity contribution is 0.102. The summed E-state index contributed by atoms with van der Waals surface area (Å²) in [7, 11) is -3.97. The summed E-state index contributed by atoms with van der Waals surface area (Å²) in [4.78, 5) is 12.4. The molecule has 30 heavy (non-hydrogen) atoms. The minimum absolute atomic E-state index is 0.0187. The van der Waals surface area contributed by atoms with Crippen LogP contribution in [0.2, 0.25) is 5.02 Å². The number of benzene rings is 3. The van der Waals surface area contributed by atoms with E-state index in [2.05, 4.69) is 10.0 Å². The van der Waals surface area contributed by atoms with Crippen LogP contribution >= 0.6 is 11.6 Å². The van der Waals surface area contributed by atoms with Crippen LogP contribution in [0.25, 0.3) is 0 Å². The third-order valence-corrected chi connectivity index (χ3v) is 5.86. The first-order chi connectivity index (χ1) is 14.2. The van der Waals surface area contributed by atoms with Crippen molar-refractivity contribution in [3.8, 4) is 5.75 Å². The van der Waals surface area contributed by atoms with E-state index in [1.165, 1.54) is 18.2 Å². The van der Waals surface area contributed by atoms with Crippen LogP contribution in [0.3, 0.4) is 0 Å². The van der Waals surface area contributed by atoms with E-state index in [1.807, 2.05) is 13.8 Å². The van der Waals surface area contributed by atoms with Crippen molar-refractivity contribution in [1.29, 1.82) is 0 Å². The summed E-state index contributed by atoms with van der Waals surface area (Å²) in [6, 6.07) is 19.4. The van der Waals surface area contributed by atoms with Crippen LogP contribution in [0.15, 0.2) is 77.7 Å². The third-order valence-electron chi connectivity index (χ3n) is 3.99. The van der Waals surface area contributed by atoms with E-state index in [4.69, 9.17) is 16.3 Å². The van der Waals surface area contributed by atoms with Gasteiger partial charge in [0.05, 0.1) is 11.1 Å². The molecule has 6 nitrogen and oxygen atoms in total. The van der Waals surface area contributed by atoms with Crippen molar-refractivity contribution in [2.75, 3.05) is 10.0 Å². The van der Waals surface area contributed by atoms with Crippen LogP contribution in [0, 0.1) is 0 Å². The van der Waals surface area contributed by atoms with Crippen molar-refractivity contribution < 1.29 is 17.9 Å². The molecule has 8 heteroatoms. The largest absolute Gasteiger partial charge is 0.491 e. The number of sulfonamides is 1. The van der Waals surface area contributed by atoms with Crippen molar-refractivity contribution >= 4 is 38.9 Å². The third kappa shape index (κ3) is 5.52. The minimum atomic E-state index is -3.97. The molecule has 3 aromatic rings. The van der Waals surface area contributed by atoms with Gasteiger partial charge in [-0.15, -0.1) is 0 Å². The van der Waals surface area contributed by atoms with Crippen LogP contribution in [0.4, 0.5) is 11.4 Å². The van der Waals surface area contributed by atoms with Gasteiger partial charge in [-0.2, -0.15) is 0 Å². The Morgan fingerprint density at radius 3 is 2.23 bits per heavy atom. The van der Waals surface area contributed by atoms with Gasteiger partial charge in [0, 0.05) is 16.9 Å². The van der Waals surface area contributed by atoms with Gasteiger partial charge >= 0.3 is 0 Å². The number of halogens is 1. The van der Waals surface area contributed by atoms with Crippen LogP contribution in [0.5, 0.6) is 5.75 Å². The second-order valence-electron chi connectivity index (χ2n) is 6.76. The Bertz CT molecular complexity index is 1130. The van der Waals surface area contributed by atoms with Gasteiger partial charge in [-0.1, -0.05) is 29.8 Å². The fourth-order valence-electron chi connectivity index (χ4n) is 2.66. The number of nitrogens with one attached hydrogen (secondary N) is 2. The Kier molecular flexibility index (Phi) is 6.64. The number of rotatable bonds is 7. The number of hydrogen-bond acceptors (Lipinski definition) is 4. The maximum atomic E-state index is 12.7. The van der Waals surface area contributed by atoms with Gasteiger partial charge < -0.3 is 10.1 Å². The van der Waals surface area contributed by atoms with Crippen LogP contribution in [0.1, 0.15) is 24.2 Å². The topological polar surface area (TPSA) is 84.5 Å². The van der Waals surface area contributed by atoms with E-state index in [9.17, 15) is 13.2 Å². The van der Waals surface area contributed by atoms with E-state index in [0.29, 0.717) is 17.1 Å². The number of amides is 1. The van der Waals surface area contributed by atoms with Crippen molar-refractivity contribution in [2.24, 2.45) is 0 Å². The quantitative estimate of drug-likeness (QED) is 0.525. The molecule has 0 saturated carbocycles. The second-order valence-corrected chi connectivity index (χ2v) is 8.82. The van der Waals surface area contributed by atoms with Crippen molar-refractivity contribution in [2.45, 2.75) is 24.8 Å². The van der Waals surface area contributed by atoms with Gasteiger partial charge in [0.1, 0.15) is 10.6 Å². The highest BCUT2D eigenvalue weighted by Gasteiger charge is 2.20.